The molecule has 0 fully saturated rings. The van der Waals surface area contributed by atoms with Gasteiger partial charge in [-0.15, -0.1) is 0 Å². The maximum atomic E-state index is 12.8. The molecule has 1 aromatic carbocycles. The van der Waals surface area contributed by atoms with Gasteiger partial charge < -0.3 is 11.1 Å². The minimum absolute atomic E-state index is 0.109. The highest BCUT2D eigenvalue weighted by Crippen LogP contribution is 2.32. The van der Waals surface area contributed by atoms with E-state index in [9.17, 15) is 13.2 Å². The van der Waals surface area contributed by atoms with E-state index in [0.29, 0.717) is 0 Å². The summed E-state index contributed by atoms with van der Waals surface area (Å²) < 4.78 is 38.3. The number of hydrogen-bond donors (Lipinski definition) is 2. The molecule has 0 bridgehead atoms. The Bertz CT molecular complexity index is 638. The van der Waals surface area contributed by atoms with Crippen molar-refractivity contribution >= 4 is 11.6 Å². The van der Waals surface area contributed by atoms with E-state index in [0.717, 1.165) is 23.3 Å². The Balaban J connectivity index is 2.28. The molecule has 0 spiro atoms. The summed E-state index contributed by atoms with van der Waals surface area (Å²) >= 11 is 0. The van der Waals surface area contributed by atoms with E-state index in [2.05, 4.69) is 10.3 Å². The number of hydrogen-bond acceptors (Lipinski definition) is 3. The Hall–Kier alpha value is -2.24. The van der Waals surface area contributed by atoms with E-state index in [1.807, 2.05) is 38.1 Å². The molecule has 1 aromatic heterocycles. The topological polar surface area (TPSA) is 50.9 Å². The van der Waals surface area contributed by atoms with E-state index in [1.54, 1.807) is 0 Å². The van der Waals surface area contributed by atoms with Gasteiger partial charge in [-0.25, -0.2) is 4.98 Å². The molecule has 2 rings (SSSR count). The van der Waals surface area contributed by atoms with Crippen LogP contribution in [0.4, 0.5) is 24.8 Å². The maximum Gasteiger partial charge on any atom is 0.416 e. The fourth-order valence-corrected chi connectivity index (χ4v) is 2.16. The van der Waals surface area contributed by atoms with Gasteiger partial charge in [-0.2, -0.15) is 13.2 Å². The van der Waals surface area contributed by atoms with Gasteiger partial charge in [0, 0.05) is 0 Å². The number of aryl methyl sites for hydroxylation is 1. The summed E-state index contributed by atoms with van der Waals surface area (Å²) in [5.74, 6) is -0.0533. The Morgan fingerprint density at radius 1 is 1.19 bits per heavy atom. The average Bonchev–Trinajstić information content (AvgIpc) is 2.37. The molecule has 0 aliphatic rings. The molecule has 0 amide bonds. The van der Waals surface area contributed by atoms with Gasteiger partial charge in [0.1, 0.15) is 11.6 Å². The van der Waals surface area contributed by atoms with Crippen molar-refractivity contribution in [2.45, 2.75) is 26.1 Å². The summed E-state index contributed by atoms with van der Waals surface area (Å²) in [7, 11) is 0. The molecule has 2 aromatic rings. The van der Waals surface area contributed by atoms with E-state index in [-0.39, 0.29) is 17.7 Å². The SMILES string of the molecule is Cc1ccccc1C(C)Nc1cc(C(F)(F)F)cc(N)n1. The molecule has 1 heterocycles. The van der Waals surface area contributed by atoms with Crippen LogP contribution < -0.4 is 11.1 Å². The molecule has 1 atom stereocenters. The fraction of sp³-hybridized carbons (Fsp3) is 0.267. The number of nitrogen functional groups attached to an aromatic ring is 1. The fourth-order valence-electron chi connectivity index (χ4n) is 2.16. The first-order valence-corrected chi connectivity index (χ1v) is 6.44. The molecular weight excluding hydrogens is 279 g/mol. The molecule has 0 radical (unpaired) electrons. The van der Waals surface area contributed by atoms with Gasteiger partial charge >= 0.3 is 6.18 Å². The van der Waals surface area contributed by atoms with Gasteiger partial charge in [0.15, 0.2) is 0 Å². The third-order valence-electron chi connectivity index (χ3n) is 3.19. The van der Waals surface area contributed by atoms with Crippen LogP contribution in [0.1, 0.15) is 29.7 Å². The molecule has 0 saturated carbocycles. The highest BCUT2D eigenvalue weighted by atomic mass is 19.4. The van der Waals surface area contributed by atoms with Crippen LogP contribution >= 0.6 is 0 Å². The number of nitrogens with one attached hydrogen (secondary N) is 1. The number of halogens is 3. The number of pyridine rings is 1. The lowest BCUT2D eigenvalue weighted by atomic mass is 10.0. The Labute approximate surface area is 121 Å². The number of aromatic nitrogens is 1. The van der Waals surface area contributed by atoms with Gasteiger partial charge in [0.25, 0.3) is 0 Å². The third kappa shape index (κ3) is 3.65. The zero-order chi connectivity index (χ0) is 15.6. The quantitative estimate of drug-likeness (QED) is 0.893. The number of anilines is 2. The van der Waals surface area contributed by atoms with Gasteiger partial charge in [0.2, 0.25) is 0 Å². The number of alkyl halides is 3. The first kappa shape index (κ1) is 15.2. The number of nitrogens with two attached hydrogens (primary N) is 1. The molecule has 0 saturated heterocycles. The second-order valence-electron chi connectivity index (χ2n) is 4.89. The second kappa shape index (κ2) is 5.63. The largest absolute Gasteiger partial charge is 0.416 e. The predicted octanol–water partition coefficient (Wildman–Crippen LogP) is 4.16. The summed E-state index contributed by atoms with van der Waals surface area (Å²) in [6.45, 7) is 3.81. The summed E-state index contributed by atoms with van der Waals surface area (Å²) in [6, 6.07) is 9.27. The van der Waals surface area contributed by atoms with Crippen molar-refractivity contribution in [3.63, 3.8) is 0 Å². The van der Waals surface area contributed by atoms with E-state index >= 15 is 0 Å². The number of rotatable bonds is 3. The highest BCUT2D eigenvalue weighted by molar-refractivity contribution is 5.49. The van der Waals surface area contributed by atoms with Crippen LogP contribution in [0.25, 0.3) is 0 Å². The molecule has 21 heavy (non-hydrogen) atoms. The van der Waals surface area contributed by atoms with Crippen LogP contribution in [-0.4, -0.2) is 4.98 Å². The molecular formula is C15H16F3N3. The van der Waals surface area contributed by atoms with Crippen molar-refractivity contribution in [2.75, 3.05) is 11.1 Å². The molecule has 1 unspecified atom stereocenters. The first-order chi connectivity index (χ1) is 9.77. The van der Waals surface area contributed by atoms with Crippen molar-refractivity contribution in [3.05, 3.63) is 53.1 Å². The zero-order valence-corrected chi connectivity index (χ0v) is 11.7. The Morgan fingerprint density at radius 3 is 2.48 bits per heavy atom. The van der Waals surface area contributed by atoms with Crippen LogP contribution in [0.5, 0.6) is 0 Å². The smallest absolute Gasteiger partial charge is 0.384 e. The monoisotopic (exact) mass is 295 g/mol. The lowest BCUT2D eigenvalue weighted by molar-refractivity contribution is -0.137. The lowest BCUT2D eigenvalue weighted by Gasteiger charge is -2.18. The highest BCUT2D eigenvalue weighted by Gasteiger charge is 2.31. The van der Waals surface area contributed by atoms with Crippen LogP contribution in [0.2, 0.25) is 0 Å². The van der Waals surface area contributed by atoms with Crippen LogP contribution in [0, 0.1) is 6.92 Å². The van der Waals surface area contributed by atoms with Crippen molar-refractivity contribution in [1.29, 1.82) is 0 Å². The van der Waals surface area contributed by atoms with E-state index in [1.165, 1.54) is 0 Å². The Morgan fingerprint density at radius 2 is 1.86 bits per heavy atom. The van der Waals surface area contributed by atoms with Crippen LogP contribution in [0.15, 0.2) is 36.4 Å². The lowest BCUT2D eigenvalue weighted by Crippen LogP contribution is -2.12. The molecule has 112 valence electrons. The minimum Gasteiger partial charge on any atom is -0.384 e. The summed E-state index contributed by atoms with van der Waals surface area (Å²) in [5, 5.41) is 2.96. The summed E-state index contributed by atoms with van der Waals surface area (Å²) in [4.78, 5) is 3.91. The first-order valence-electron chi connectivity index (χ1n) is 6.44. The van der Waals surface area contributed by atoms with E-state index in [4.69, 9.17) is 5.73 Å². The molecule has 3 N–H and O–H groups in total. The van der Waals surface area contributed by atoms with Crippen LogP contribution in [0.3, 0.4) is 0 Å². The van der Waals surface area contributed by atoms with Crippen molar-refractivity contribution < 1.29 is 13.2 Å². The summed E-state index contributed by atoms with van der Waals surface area (Å²) in [5.41, 5.74) is 6.69. The van der Waals surface area contributed by atoms with Crippen molar-refractivity contribution in [1.82, 2.24) is 4.98 Å². The van der Waals surface area contributed by atoms with Gasteiger partial charge in [-0.05, 0) is 37.1 Å². The zero-order valence-electron chi connectivity index (χ0n) is 11.7. The molecule has 0 aliphatic heterocycles. The van der Waals surface area contributed by atoms with Gasteiger partial charge in [-0.1, -0.05) is 24.3 Å². The van der Waals surface area contributed by atoms with Crippen molar-refractivity contribution in [2.24, 2.45) is 0 Å². The number of nitrogens with zero attached hydrogens (tertiary/aromatic N) is 1. The molecule has 6 heteroatoms. The average molecular weight is 295 g/mol. The maximum absolute atomic E-state index is 12.8. The Kier molecular flexibility index (Phi) is 4.06. The van der Waals surface area contributed by atoms with Gasteiger partial charge in [-0.3, -0.25) is 0 Å². The summed E-state index contributed by atoms with van der Waals surface area (Å²) in [6.07, 6.45) is -4.45. The number of benzene rings is 1. The normalized spacial score (nSPS) is 13.0. The van der Waals surface area contributed by atoms with Gasteiger partial charge in [0.05, 0.1) is 11.6 Å². The molecule has 3 nitrogen and oxygen atoms in total. The predicted molar refractivity (Wildman–Crippen MR) is 76.9 cm³/mol. The minimum atomic E-state index is -4.45. The third-order valence-corrected chi connectivity index (χ3v) is 3.19. The second-order valence-corrected chi connectivity index (χ2v) is 4.89. The van der Waals surface area contributed by atoms with Crippen LogP contribution in [-0.2, 0) is 6.18 Å². The standard InChI is InChI=1S/C15H16F3N3/c1-9-5-3-4-6-12(9)10(2)20-14-8-11(15(16,17)18)7-13(19)21-14/h3-8,10H,1-2H3,(H3,19,20,21). The van der Waals surface area contributed by atoms with Crippen molar-refractivity contribution in [3.8, 4) is 0 Å². The molecule has 0 aliphatic carbocycles. The van der Waals surface area contributed by atoms with E-state index < -0.39 is 11.7 Å².